The first-order valence-electron chi connectivity index (χ1n) is 11.8. The van der Waals surface area contributed by atoms with Crippen molar-refractivity contribution in [1.82, 2.24) is 4.90 Å². The fourth-order valence-corrected chi connectivity index (χ4v) is 6.14. The molecule has 0 spiro atoms. The quantitative estimate of drug-likeness (QED) is 0.259. The van der Waals surface area contributed by atoms with Crippen LogP contribution in [0.25, 0.3) is 0 Å². The third-order valence-electron chi connectivity index (χ3n) is 5.36. The Morgan fingerprint density at radius 2 is 1.27 bits per heavy atom. The highest BCUT2D eigenvalue weighted by Gasteiger charge is 2.22. The van der Waals surface area contributed by atoms with Crippen molar-refractivity contribution in [3.63, 3.8) is 0 Å². The highest BCUT2D eigenvalue weighted by atomic mass is 31.1. The average Bonchev–Trinajstić information content (AvgIpc) is 2.81. The van der Waals surface area contributed by atoms with Crippen LogP contribution in [0.5, 0.6) is 0 Å². The molecule has 174 valence electrons. The van der Waals surface area contributed by atoms with Gasteiger partial charge in [-0.1, -0.05) is 91.0 Å². The molecule has 0 saturated heterocycles. The van der Waals surface area contributed by atoms with Crippen LogP contribution in [0.15, 0.2) is 91.0 Å². The predicted molar refractivity (Wildman–Crippen MR) is 141 cm³/mol. The second-order valence-corrected chi connectivity index (χ2v) is 11.6. The summed E-state index contributed by atoms with van der Waals surface area (Å²) in [6.45, 7) is 7.16. The van der Waals surface area contributed by atoms with Gasteiger partial charge in [0.2, 0.25) is 0 Å². The number of carbonyl (C=O) groups excluding carboxylic acids is 1. The minimum absolute atomic E-state index is 0.216. The maximum Gasteiger partial charge on any atom is 0.410 e. The Kier molecular flexibility index (Phi) is 9.51. The summed E-state index contributed by atoms with van der Waals surface area (Å²) >= 11 is 0. The number of hydrogen-bond acceptors (Lipinski definition) is 2. The maximum atomic E-state index is 12.9. The van der Waals surface area contributed by atoms with Gasteiger partial charge >= 0.3 is 6.09 Å². The van der Waals surface area contributed by atoms with Gasteiger partial charge in [0.05, 0.1) is 0 Å². The van der Waals surface area contributed by atoms with Crippen LogP contribution in [0.3, 0.4) is 0 Å². The minimum atomic E-state index is -0.489. The van der Waals surface area contributed by atoms with Crippen LogP contribution in [0.4, 0.5) is 4.79 Å². The minimum Gasteiger partial charge on any atom is -0.444 e. The number of benzene rings is 3. The molecule has 0 aliphatic heterocycles. The van der Waals surface area contributed by atoms with E-state index in [1.807, 2.05) is 43.9 Å². The molecule has 0 fully saturated rings. The molecule has 33 heavy (non-hydrogen) atoms. The number of ether oxygens (including phenoxy) is 1. The second-order valence-electron chi connectivity index (χ2n) is 9.23. The molecule has 0 bridgehead atoms. The number of nitrogens with zero attached hydrogens (tertiary/aromatic N) is 1. The SMILES string of the molecule is CC(C)(C)OC(=O)N(CCCCP(c1ccccc1)c1ccccc1)CCc1ccccc1. The van der Waals surface area contributed by atoms with E-state index in [1.165, 1.54) is 16.2 Å². The predicted octanol–water partition coefficient (Wildman–Crippen LogP) is 6.38. The molecule has 0 radical (unpaired) electrons. The van der Waals surface area contributed by atoms with Crippen molar-refractivity contribution >= 4 is 24.6 Å². The van der Waals surface area contributed by atoms with Crippen molar-refractivity contribution in [3.05, 3.63) is 96.6 Å². The molecule has 1 amide bonds. The van der Waals surface area contributed by atoms with Crippen LogP contribution < -0.4 is 10.6 Å². The van der Waals surface area contributed by atoms with E-state index in [0.29, 0.717) is 13.1 Å². The molecule has 0 aromatic heterocycles. The summed E-state index contributed by atoms with van der Waals surface area (Å²) in [6.07, 6.45) is 3.77. The van der Waals surface area contributed by atoms with Crippen LogP contribution in [0.2, 0.25) is 0 Å². The molecule has 0 aliphatic carbocycles. The van der Waals surface area contributed by atoms with Crippen LogP contribution in [0.1, 0.15) is 39.2 Å². The Morgan fingerprint density at radius 1 is 0.758 bits per heavy atom. The van der Waals surface area contributed by atoms with Crippen molar-refractivity contribution in [2.24, 2.45) is 0 Å². The molecule has 4 heteroatoms. The average molecular weight is 462 g/mol. The smallest absolute Gasteiger partial charge is 0.410 e. The fraction of sp³-hybridized carbons (Fsp3) is 0.345. The normalized spacial score (nSPS) is 11.4. The summed E-state index contributed by atoms with van der Waals surface area (Å²) in [5, 5.41) is 2.82. The van der Waals surface area contributed by atoms with Crippen LogP contribution >= 0.6 is 7.92 Å². The molecule has 3 aromatic rings. The van der Waals surface area contributed by atoms with Crippen molar-refractivity contribution in [2.75, 3.05) is 19.3 Å². The lowest BCUT2D eigenvalue weighted by Crippen LogP contribution is -2.38. The Morgan fingerprint density at radius 3 is 1.79 bits per heavy atom. The number of rotatable bonds is 10. The van der Waals surface area contributed by atoms with Crippen LogP contribution in [-0.4, -0.2) is 35.8 Å². The fourth-order valence-electron chi connectivity index (χ4n) is 3.73. The summed E-state index contributed by atoms with van der Waals surface area (Å²) in [5.74, 6) is 0. The molecular weight excluding hydrogens is 425 g/mol. The largest absolute Gasteiger partial charge is 0.444 e. The van der Waals surface area contributed by atoms with E-state index in [2.05, 4.69) is 72.8 Å². The van der Waals surface area contributed by atoms with E-state index < -0.39 is 13.5 Å². The Labute approximate surface area is 200 Å². The van der Waals surface area contributed by atoms with Crippen LogP contribution in [-0.2, 0) is 11.2 Å². The van der Waals surface area contributed by atoms with Gasteiger partial charge in [-0.3, -0.25) is 0 Å². The number of carbonyl (C=O) groups is 1. The van der Waals surface area contributed by atoms with Gasteiger partial charge in [-0.05, 0) is 70.3 Å². The first kappa shape index (κ1) is 25.0. The molecule has 0 heterocycles. The molecular formula is C29H36NO2P. The van der Waals surface area contributed by atoms with E-state index in [4.69, 9.17) is 4.74 Å². The first-order valence-corrected chi connectivity index (χ1v) is 13.3. The van der Waals surface area contributed by atoms with Gasteiger partial charge < -0.3 is 9.64 Å². The van der Waals surface area contributed by atoms with E-state index >= 15 is 0 Å². The van der Waals surface area contributed by atoms with Crippen LogP contribution in [0, 0.1) is 0 Å². The van der Waals surface area contributed by atoms with Crippen molar-refractivity contribution in [1.29, 1.82) is 0 Å². The third-order valence-corrected chi connectivity index (χ3v) is 7.97. The van der Waals surface area contributed by atoms with Gasteiger partial charge in [0, 0.05) is 13.1 Å². The molecule has 3 nitrogen and oxygen atoms in total. The van der Waals surface area contributed by atoms with Gasteiger partial charge in [-0.2, -0.15) is 0 Å². The lowest BCUT2D eigenvalue weighted by atomic mass is 10.1. The Balaban J connectivity index is 1.60. The molecule has 3 aromatic carbocycles. The number of amides is 1. The molecule has 0 saturated carbocycles. The highest BCUT2D eigenvalue weighted by Crippen LogP contribution is 2.34. The lowest BCUT2D eigenvalue weighted by molar-refractivity contribution is 0.0250. The van der Waals surface area contributed by atoms with Gasteiger partial charge in [0.25, 0.3) is 0 Å². The molecule has 0 atom stereocenters. The van der Waals surface area contributed by atoms with Gasteiger partial charge in [0.1, 0.15) is 5.60 Å². The zero-order chi connectivity index (χ0) is 23.5. The summed E-state index contributed by atoms with van der Waals surface area (Å²) in [6, 6.07) is 32.0. The molecule has 0 aliphatic rings. The molecule has 0 unspecified atom stereocenters. The van der Waals surface area contributed by atoms with E-state index in [1.54, 1.807) is 0 Å². The summed E-state index contributed by atoms with van der Waals surface area (Å²) < 4.78 is 5.70. The van der Waals surface area contributed by atoms with E-state index in [9.17, 15) is 4.79 Å². The lowest BCUT2D eigenvalue weighted by Gasteiger charge is -2.28. The highest BCUT2D eigenvalue weighted by molar-refractivity contribution is 7.73. The number of hydrogen-bond donors (Lipinski definition) is 0. The van der Waals surface area contributed by atoms with E-state index in [-0.39, 0.29) is 6.09 Å². The Hall–Kier alpha value is -2.64. The molecule has 0 N–H and O–H groups in total. The van der Waals surface area contributed by atoms with Gasteiger partial charge in [0.15, 0.2) is 0 Å². The zero-order valence-electron chi connectivity index (χ0n) is 20.1. The maximum absolute atomic E-state index is 12.9. The molecule has 3 rings (SSSR count). The van der Waals surface area contributed by atoms with Gasteiger partial charge in [-0.25, -0.2) is 4.79 Å². The summed E-state index contributed by atoms with van der Waals surface area (Å²) in [7, 11) is -0.398. The first-order chi connectivity index (χ1) is 15.9. The summed E-state index contributed by atoms with van der Waals surface area (Å²) in [5.41, 5.74) is 0.750. The van der Waals surface area contributed by atoms with Crippen molar-refractivity contribution in [3.8, 4) is 0 Å². The van der Waals surface area contributed by atoms with Crippen molar-refractivity contribution < 1.29 is 9.53 Å². The van der Waals surface area contributed by atoms with Crippen molar-refractivity contribution in [2.45, 2.75) is 45.6 Å². The zero-order valence-corrected chi connectivity index (χ0v) is 21.0. The monoisotopic (exact) mass is 461 g/mol. The standard InChI is InChI=1S/C29H36NO2P/c1-29(2,3)32-28(31)30(23-21-25-15-7-4-8-16-25)22-13-14-24-33(26-17-9-5-10-18-26)27-19-11-6-12-20-27/h4-12,15-20H,13-14,21-24H2,1-3H3. The van der Waals surface area contributed by atoms with E-state index in [0.717, 1.165) is 25.4 Å². The summed E-state index contributed by atoms with van der Waals surface area (Å²) in [4.78, 5) is 14.7. The second kappa shape index (κ2) is 12.6. The number of unbranched alkanes of at least 4 members (excludes halogenated alkanes) is 1. The van der Waals surface area contributed by atoms with Gasteiger partial charge in [-0.15, -0.1) is 0 Å². The Bertz CT molecular complexity index is 916. The topological polar surface area (TPSA) is 29.5 Å². The third kappa shape index (κ3) is 8.67.